The molecule has 7 heteroatoms. The number of benzene rings is 1. The molecule has 132 valence electrons. The minimum Gasteiger partial charge on any atom is -0.454 e. The molecule has 0 bridgehead atoms. The molecule has 2 aliphatic rings. The van der Waals surface area contributed by atoms with E-state index in [-0.39, 0.29) is 18.7 Å². The molecule has 1 aromatic heterocycles. The van der Waals surface area contributed by atoms with Crippen LogP contribution in [0.15, 0.2) is 24.4 Å². The minimum atomic E-state index is -0.116. The number of carbonyl (C=O) groups excluding carboxylic acids is 1. The number of carbonyl (C=O) groups is 1. The van der Waals surface area contributed by atoms with Gasteiger partial charge in [-0.25, -0.2) is 0 Å². The van der Waals surface area contributed by atoms with Crippen LogP contribution >= 0.6 is 11.6 Å². The molecule has 0 saturated heterocycles. The first-order valence-corrected chi connectivity index (χ1v) is 8.88. The van der Waals surface area contributed by atoms with E-state index in [0.29, 0.717) is 17.3 Å². The Kier molecular flexibility index (Phi) is 4.29. The molecule has 0 N–H and O–H groups in total. The second kappa shape index (κ2) is 6.59. The van der Waals surface area contributed by atoms with Gasteiger partial charge in [0.05, 0.1) is 5.02 Å². The van der Waals surface area contributed by atoms with Crippen molar-refractivity contribution in [3.8, 4) is 11.5 Å². The summed E-state index contributed by atoms with van der Waals surface area (Å²) in [5, 5.41) is 4.64. The van der Waals surface area contributed by atoms with Crippen LogP contribution in [0.3, 0.4) is 0 Å². The van der Waals surface area contributed by atoms with E-state index in [2.05, 4.69) is 5.10 Å². The zero-order chi connectivity index (χ0) is 17.4. The van der Waals surface area contributed by atoms with E-state index < -0.39 is 0 Å². The van der Waals surface area contributed by atoms with E-state index in [4.69, 9.17) is 21.1 Å². The molecule has 2 heterocycles. The van der Waals surface area contributed by atoms with Crippen molar-refractivity contribution in [2.24, 2.45) is 7.05 Å². The molecule has 0 unspecified atom stereocenters. The lowest BCUT2D eigenvalue weighted by Gasteiger charge is -2.28. The minimum absolute atomic E-state index is 0.116. The molecule has 6 nitrogen and oxygen atoms in total. The maximum atomic E-state index is 13.1. The molecular weight excluding hydrogens is 342 g/mol. The summed E-state index contributed by atoms with van der Waals surface area (Å²) in [5.74, 6) is 1.36. The van der Waals surface area contributed by atoms with Crippen LogP contribution in [0.4, 0.5) is 0 Å². The summed E-state index contributed by atoms with van der Waals surface area (Å²) in [6, 6.07) is 6.03. The van der Waals surface area contributed by atoms with Gasteiger partial charge in [-0.15, -0.1) is 0 Å². The van der Waals surface area contributed by atoms with Gasteiger partial charge >= 0.3 is 0 Å². The third-order valence-electron chi connectivity index (χ3n) is 4.80. The zero-order valence-corrected chi connectivity index (χ0v) is 14.8. The van der Waals surface area contributed by atoms with E-state index in [9.17, 15) is 4.79 Å². The Morgan fingerprint density at radius 1 is 1.32 bits per heavy atom. The average Bonchev–Trinajstić information content (AvgIpc) is 3.32. The lowest BCUT2D eigenvalue weighted by atomic mass is 10.1. The fraction of sp³-hybridized carbons (Fsp3) is 0.444. The monoisotopic (exact) mass is 361 g/mol. The molecule has 0 radical (unpaired) electrons. The number of fused-ring (bicyclic) bond motifs is 1. The molecule has 1 amide bonds. The molecule has 0 atom stereocenters. The van der Waals surface area contributed by atoms with Crippen LogP contribution in [0.2, 0.25) is 5.02 Å². The van der Waals surface area contributed by atoms with Crippen LogP contribution in [-0.4, -0.2) is 33.4 Å². The number of aryl methyl sites for hydroxylation is 1. The van der Waals surface area contributed by atoms with Gasteiger partial charge in [0.1, 0.15) is 0 Å². The Bertz CT molecular complexity index is 799. The maximum Gasteiger partial charge on any atom is 0.276 e. The normalized spacial score (nSPS) is 16.4. The van der Waals surface area contributed by atoms with Crippen LogP contribution in [0.1, 0.15) is 41.7 Å². The molecule has 2 aromatic rings. The lowest BCUT2D eigenvalue weighted by Crippen LogP contribution is -2.38. The fourth-order valence-corrected chi connectivity index (χ4v) is 3.82. The summed E-state index contributed by atoms with van der Waals surface area (Å²) in [5.41, 5.74) is 1.33. The van der Waals surface area contributed by atoms with E-state index in [1.54, 1.807) is 17.9 Å². The highest BCUT2D eigenvalue weighted by atomic mass is 35.5. The first kappa shape index (κ1) is 16.3. The van der Waals surface area contributed by atoms with E-state index in [1.165, 1.54) is 0 Å². The first-order valence-electron chi connectivity index (χ1n) is 8.50. The Morgan fingerprint density at radius 3 is 2.80 bits per heavy atom. The van der Waals surface area contributed by atoms with Gasteiger partial charge in [-0.2, -0.15) is 5.10 Å². The topological polar surface area (TPSA) is 56.6 Å². The van der Waals surface area contributed by atoms with Crippen molar-refractivity contribution in [1.82, 2.24) is 14.7 Å². The van der Waals surface area contributed by atoms with Gasteiger partial charge in [0, 0.05) is 25.8 Å². The van der Waals surface area contributed by atoms with Crippen molar-refractivity contribution < 1.29 is 14.3 Å². The van der Waals surface area contributed by atoms with Gasteiger partial charge in [-0.1, -0.05) is 30.5 Å². The highest BCUT2D eigenvalue weighted by Gasteiger charge is 2.30. The summed E-state index contributed by atoms with van der Waals surface area (Å²) in [7, 11) is 1.76. The van der Waals surface area contributed by atoms with Gasteiger partial charge in [-0.3, -0.25) is 9.48 Å². The second-order valence-corrected chi connectivity index (χ2v) is 6.97. The number of rotatable bonds is 4. The van der Waals surface area contributed by atoms with Gasteiger partial charge in [0.2, 0.25) is 6.79 Å². The van der Waals surface area contributed by atoms with Crippen LogP contribution < -0.4 is 9.47 Å². The van der Waals surface area contributed by atoms with E-state index in [0.717, 1.165) is 42.7 Å². The number of hydrogen-bond donors (Lipinski definition) is 0. The number of nitrogens with zero attached hydrogens (tertiary/aromatic N) is 3. The summed E-state index contributed by atoms with van der Waals surface area (Å²) < 4.78 is 12.4. The van der Waals surface area contributed by atoms with Crippen molar-refractivity contribution in [1.29, 1.82) is 0 Å². The summed E-state index contributed by atoms with van der Waals surface area (Å²) >= 11 is 6.20. The van der Waals surface area contributed by atoms with Crippen LogP contribution in [0.5, 0.6) is 11.5 Å². The fourth-order valence-electron chi connectivity index (χ4n) is 3.56. The molecule has 1 aliphatic carbocycles. The Morgan fingerprint density at radius 2 is 2.08 bits per heavy atom. The molecule has 4 rings (SSSR count). The number of halogens is 1. The molecular formula is C18H20ClN3O3. The number of aromatic nitrogens is 2. The summed E-state index contributed by atoms with van der Waals surface area (Å²) in [4.78, 5) is 15.0. The van der Waals surface area contributed by atoms with Gasteiger partial charge < -0.3 is 14.4 Å². The Labute approximate surface area is 151 Å². The average molecular weight is 362 g/mol. The first-order chi connectivity index (χ1) is 12.1. The smallest absolute Gasteiger partial charge is 0.276 e. The van der Waals surface area contributed by atoms with Crippen molar-refractivity contribution in [2.75, 3.05) is 6.79 Å². The predicted molar refractivity (Wildman–Crippen MR) is 92.9 cm³/mol. The summed E-state index contributed by atoms with van der Waals surface area (Å²) in [6.45, 7) is 0.751. The number of ether oxygens (including phenoxy) is 2. The van der Waals surface area contributed by atoms with Crippen LogP contribution in [-0.2, 0) is 13.6 Å². The van der Waals surface area contributed by atoms with Crippen molar-refractivity contribution in [2.45, 2.75) is 38.3 Å². The second-order valence-electron chi connectivity index (χ2n) is 6.56. The zero-order valence-electron chi connectivity index (χ0n) is 14.1. The Balaban J connectivity index is 1.62. The molecule has 1 aromatic carbocycles. The van der Waals surface area contributed by atoms with Crippen molar-refractivity contribution >= 4 is 17.5 Å². The largest absolute Gasteiger partial charge is 0.454 e. The SMILES string of the molecule is Cn1cc(Cl)c(C(=O)N(Cc2ccc3c(c2)OCO3)C2CCCC2)n1. The molecule has 1 aliphatic heterocycles. The van der Waals surface area contributed by atoms with Gasteiger partial charge in [0.25, 0.3) is 5.91 Å². The maximum absolute atomic E-state index is 13.1. The molecule has 1 fully saturated rings. The van der Waals surface area contributed by atoms with Crippen LogP contribution in [0, 0.1) is 0 Å². The third-order valence-corrected chi connectivity index (χ3v) is 5.08. The highest BCUT2D eigenvalue weighted by Crippen LogP contribution is 2.34. The lowest BCUT2D eigenvalue weighted by molar-refractivity contribution is 0.0657. The van der Waals surface area contributed by atoms with E-state index >= 15 is 0 Å². The number of amides is 1. The molecule has 0 spiro atoms. The van der Waals surface area contributed by atoms with E-state index in [1.807, 2.05) is 23.1 Å². The third kappa shape index (κ3) is 3.18. The quantitative estimate of drug-likeness (QED) is 0.837. The molecule has 25 heavy (non-hydrogen) atoms. The number of hydrogen-bond acceptors (Lipinski definition) is 4. The van der Waals surface area contributed by atoms with Gasteiger partial charge in [0.15, 0.2) is 17.2 Å². The summed E-state index contributed by atoms with van der Waals surface area (Å²) in [6.07, 6.45) is 5.97. The highest BCUT2D eigenvalue weighted by molar-refractivity contribution is 6.33. The van der Waals surface area contributed by atoms with Gasteiger partial charge in [-0.05, 0) is 30.5 Å². The van der Waals surface area contributed by atoms with Crippen LogP contribution in [0.25, 0.3) is 0 Å². The van der Waals surface area contributed by atoms with Crippen molar-refractivity contribution in [3.63, 3.8) is 0 Å². The predicted octanol–water partition coefficient (Wildman–Crippen LogP) is 3.39. The molecule has 1 saturated carbocycles. The standard InChI is InChI=1S/C18H20ClN3O3/c1-21-10-14(19)17(20-21)18(23)22(13-4-2-3-5-13)9-12-6-7-15-16(8-12)25-11-24-15/h6-8,10,13H,2-5,9,11H2,1H3. The van der Waals surface area contributed by atoms with Crippen molar-refractivity contribution in [3.05, 3.63) is 40.7 Å². The Hall–Kier alpha value is -2.21.